The monoisotopic (exact) mass is 217 g/mol. The van der Waals surface area contributed by atoms with Crippen molar-refractivity contribution in [2.75, 3.05) is 40.9 Å². The van der Waals surface area contributed by atoms with Crippen molar-refractivity contribution in [1.82, 2.24) is 10.2 Å². The van der Waals surface area contributed by atoms with Crippen LogP contribution in [0.4, 0.5) is 0 Å². The van der Waals surface area contributed by atoms with Gasteiger partial charge in [0.2, 0.25) is 5.91 Å². The molecule has 0 bridgehead atoms. The van der Waals surface area contributed by atoms with Crippen LogP contribution in [0.2, 0.25) is 0 Å². The average molecular weight is 217 g/mol. The fraction of sp³-hybridized carbons (Fsp3) is 0.900. The highest BCUT2D eigenvalue weighted by molar-refractivity contribution is 5.81. The molecule has 1 unspecified atom stereocenters. The van der Waals surface area contributed by atoms with Crippen molar-refractivity contribution < 1.29 is 9.53 Å². The Morgan fingerprint density at radius 3 is 2.67 bits per heavy atom. The van der Waals surface area contributed by atoms with Crippen LogP contribution in [-0.2, 0) is 9.53 Å². The minimum Gasteiger partial charge on any atom is -0.383 e. The molecule has 0 aliphatic carbocycles. The molecule has 0 aliphatic heterocycles. The summed E-state index contributed by atoms with van der Waals surface area (Å²) in [5.41, 5.74) is 5.55. The molecule has 0 aliphatic rings. The summed E-state index contributed by atoms with van der Waals surface area (Å²) < 4.78 is 4.79. The number of nitrogens with zero attached hydrogens (tertiary/aromatic N) is 1. The Balaban J connectivity index is 3.38. The third-order valence-corrected chi connectivity index (χ3v) is 2.01. The number of nitrogens with one attached hydrogen (secondary N) is 1. The predicted octanol–water partition coefficient (Wildman–Crippen LogP) is -0.582. The van der Waals surface area contributed by atoms with Crippen molar-refractivity contribution >= 4 is 5.91 Å². The Morgan fingerprint density at radius 1 is 1.47 bits per heavy atom. The minimum absolute atomic E-state index is 0.137. The number of carbonyl (C=O) groups excluding carboxylic acids is 1. The molecule has 0 saturated carbocycles. The summed E-state index contributed by atoms with van der Waals surface area (Å²) >= 11 is 0. The van der Waals surface area contributed by atoms with Crippen LogP contribution in [0, 0.1) is 0 Å². The van der Waals surface area contributed by atoms with E-state index in [9.17, 15) is 4.79 Å². The standard InChI is InChI=1S/C10H23N3O2/c1-13(2)7-5-4-6-12-10(14)9(11)8-15-3/h9H,4-8,11H2,1-3H3,(H,12,14). The maximum absolute atomic E-state index is 11.3. The third kappa shape index (κ3) is 8.35. The van der Waals surface area contributed by atoms with Gasteiger partial charge in [-0.3, -0.25) is 4.79 Å². The molecule has 90 valence electrons. The van der Waals surface area contributed by atoms with Crippen LogP contribution in [0.3, 0.4) is 0 Å². The SMILES string of the molecule is COCC(N)C(=O)NCCCCN(C)C. The number of ether oxygens (including phenoxy) is 1. The number of amides is 1. The Labute approximate surface area is 91.9 Å². The van der Waals surface area contributed by atoms with Gasteiger partial charge in [0.15, 0.2) is 0 Å². The molecule has 0 aromatic carbocycles. The zero-order valence-corrected chi connectivity index (χ0v) is 9.95. The maximum atomic E-state index is 11.3. The van der Waals surface area contributed by atoms with E-state index < -0.39 is 6.04 Å². The molecule has 5 nitrogen and oxygen atoms in total. The van der Waals surface area contributed by atoms with Crippen molar-refractivity contribution in [3.05, 3.63) is 0 Å². The van der Waals surface area contributed by atoms with Gasteiger partial charge in [-0.05, 0) is 33.5 Å². The fourth-order valence-corrected chi connectivity index (χ4v) is 1.15. The van der Waals surface area contributed by atoms with E-state index in [1.54, 1.807) is 0 Å². The van der Waals surface area contributed by atoms with Gasteiger partial charge in [-0.15, -0.1) is 0 Å². The van der Waals surface area contributed by atoms with Crippen molar-refractivity contribution in [3.8, 4) is 0 Å². The highest BCUT2D eigenvalue weighted by Gasteiger charge is 2.11. The van der Waals surface area contributed by atoms with Gasteiger partial charge in [0.25, 0.3) is 0 Å². The van der Waals surface area contributed by atoms with Crippen molar-refractivity contribution in [2.45, 2.75) is 18.9 Å². The second kappa shape index (κ2) is 8.64. The zero-order valence-electron chi connectivity index (χ0n) is 9.95. The molecule has 3 N–H and O–H groups in total. The van der Waals surface area contributed by atoms with Gasteiger partial charge in [0, 0.05) is 13.7 Å². The molecule has 0 heterocycles. The zero-order chi connectivity index (χ0) is 11.7. The summed E-state index contributed by atoms with van der Waals surface area (Å²) in [6.07, 6.45) is 2.05. The maximum Gasteiger partial charge on any atom is 0.239 e. The number of hydrogen-bond acceptors (Lipinski definition) is 4. The lowest BCUT2D eigenvalue weighted by Crippen LogP contribution is -2.43. The van der Waals surface area contributed by atoms with Crippen LogP contribution in [0.15, 0.2) is 0 Å². The second-order valence-corrected chi connectivity index (χ2v) is 3.86. The molecule has 0 radical (unpaired) electrons. The van der Waals surface area contributed by atoms with Gasteiger partial charge in [-0.25, -0.2) is 0 Å². The molecule has 0 rings (SSSR count). The summed E-state index contributed by atoms with van der Waals surface area (Å²) in [5.74, 6) is -0.137. The molecule has 1 amide bonds. The van der Waals surface area contributed by atoms with Gasteiger partial charge in [-0.2, -0.15) is 0 Å². The highest BCUT2D eigenvalue weighted by Crippen LogP contribution is 1.89. The number of unbranched alkanes of at least 4 members (excludes halogenated alkanes) is 1. The van der Waals surface area contributed by atoms with E-state index in [4.69, 9.17) is 10.5 Å². The average Bonchev–Trinajstić information content (AvgIpc) is 2.16. The van der Waals surface area contributed by atoms with Crippen LogP contribution in [0.5, 0.6) is 0 Å². The molecular weight excluding hydrogens is 194 g/mol. The first-order chi connectivity index (χ1) is 7.07. The number of methoxy groups -OCH3 is 1. The van der Waals surface area contributed by atoms with E-state index in [-0.39, 0.29) is 12.5 Å². The van der Waals surface area contributed by atoms with Crippen molar-refractivity contribution in [3.63, 3.8) is 0 Å². The molecule has 0 spiro atoms. The normalized spacial score (nSPS) is 12.9. The van der Waals surface area contributed by atoms with Crippen LogP contribution in [0.25, 0.3) is 0 Å². The van der Waals surface area contributed by atoms with Gasteiger partial charge in [0.1, 0.15) is 6.04 Å². The summed E-state index contributed by atoms with van der Waals surface area (Å²) in [6, 6.07) is -0.552. The van der Waals surface area contributed by atoms with Crippen LogP contribution < -0.4 is 11.1 Å². The first-order valence-electron chi connectivity index (χ1n) is 5.25. The number of carbonyl (C=O) groups is 1. The van der Waals surface area contributed by atoms with Gasteiger partial charge in [-0.1, -0.05) is 0 Å². The molecule has 0 aromatic heterocycles. The fourth-order valence-electron chi connectivity index (χ4n) is 1.15. The quantitative estimate of drug-likeness (QED) is 0.534. The second-order valence-electron chi connectivity index (χ2n) is 3.86. The van der Waals surface area contributed by atoms with E-state index in [0.29, 0.717) is 6.54 Å². The molecule has 5 heteroatoms. The first-order valence-corrected chi connectivity index (χ1v) is 5.25. The summed E-state index contributed by atoms with van der Waals surface area (Å²) in [7, 11) is 5.60. The lowest BCUT2D eigenvalue weighted by atomic mass is 10.2. The molecule has 0 aromatic rings. The van der Waals surface area contributed by atoms with E-state index in [1.165, 1.54) is 7.11 Å². The first kappa shape index (κ1) is 14.3. The summed E-state index contributed by atoms with van der Waals surface area (Å²) in [5, 5.41) is 2.78. The van der Waals surface area contributed by atoms with E-state index in [2.05, 4.69) is 10.2 Å². The Bertz CT molecular complexity index is 174. The largest absolute Gasteiger partial charge is 0.383 e. The summed E-state index contributed by atoms with van der Waals surface area (Å²) in [6.45, 7) is 1.99. The van der Waals surface area contributed by atoms with Crippen LogP contribution in [0.1, 0.15) is 12.8 Å². The Kier molecular flexibility index (Phi) is 8.27. The van der Waals surface area contributed by atoms with Crippen LogP contribution >= 0.6 is 0 Å². The number of nitrogens with two attached hydrogens (primary N) is 1. The lowest BCUT2D eigenvalue weighted by molar-refractivity contribution is -0.123. The van der Waals surface area contributed by atoms with Crippen molar-refractivity contribution in [2.24, 2.45) is 5.73 Å². The van der Waals surface area contributed by atoms with Crippen LogP contribution in [-0.4, -0.2) is 57.8 Å². The Hall–Kier alpha value is -0.650. The molecule has 0 saturated heterocycles. The van der Waals surface area contributed by atoms with Gasteiger partial charge < -0.3 is 20.7 Å². The van der Waals surface area contributed by atoms with E-state index in [1.807, 2.05) is 14.1 Å². The van der Waals surface area contributed by atoms with E-state index in [0.717, 1.165) is 19.4 Å². The highest BCUT2D eigenvalue weighted by atomic mass is 16.5. The molecule has 0 fully saturated rings. The van der Waals surface area contributed by atoms with Gasteiger partial charge >= 0.3 is 0 Å². The topological polar surface area (TPSA) is 67.6 Å². The lowest BCUT2D eigenvalue weighted by Gasteiger charge is -2.12. The van der Waals surface area contributed by atoms with Gasteiger partial charge in [0.05, 0.1) is 6.61 Å². The molecular formula is C10H23N3O2. The van der Waals surface area contributed by atoms with Crippen molar-refractivity contribution in [1.29, 1.82) is 0 Å². The van der Waals surface area contributed by atoms with E-state index >= 15 is 0 Å². The molecule has 1 atom stereocenters. The predicted molar refractivity (Wildman–Crippen MR) is 60.6 cm³/mol. The Morgan fingerprint density at radius 2 is 2.13 bits per heavy atom. The third-order valence-electron chi connectivity index (χ3n) is 2.01. The smallest absolute Gasteiger partial charge is 0.239 e. The number of hydrogen-bond donors (Lipinski definition) is 2. The number of rotatable bonds is 8. The molecule has 15 heavy (non-hydrogen) atoms. The minimum atomic E-state index is -0.552. The summed E-state index contributed by atoms with van der Waals surface area (Å²) in [4.78, 5) is 13.4.